The third-order valence-corrected chi connectivity index (χ3v) is 4.74. The smallest absolute Gasteiger partial charge is 0.124 e. The van der Waals surface area contributed by atoms with Gasteiger partial charge in [0.1, 0.15) is 5.82 Å². The second kappa shape index (κ2) is 6.17. The van der Waals surface area contributed by atoms with E-state index in [0.717, 1.165) is 17.0 Å². The van der Waals surface area contributed by atoms with Gasteiger partial charge in [0.05, 0.1) is 6.04 Å². The molecule has 21 heavy (non-hydrogen) atoms. The average molecular weight is 304 g/mol. The molecule has 1 fully saturated rings. The first-order chi connectivity index (χ1) is 10.2. The number of rotatable bonds is 4. The summed E-state index contributed by atoms with van der Waals surface area (Å²) >= 11 is 6.19. The summed E-state index contributed by atoms with van der Waals surface area (Å²) in [6, 6.07) is 13.3. The Morgan fingerprint density at radius 1 is 1.14 bits per heavy atom. The van der Waals surface area contributed by atoms with Crippen molar-refractivity contribution in [3.05, 3.63) is 70.0 Å². The third kappa shape index (κ3) is 2.97. The minimum atomic E-state index is -0.307. The molecule has 2 aromatic rings. The summed E-state index contributed by atoms with van der Waals surface area (Å²) in [5.74, 6) is 0.431. The minimum Gasteiger partial charge on any atom is -0.309 e. The van der Waals surface area contributed by atoms with Gasteiger partial charge in [-0.25, -0.2) is 4.39 Å². The third-order valence-electron chi connectivity index (χ3n) is 4.41. The largest absolute Gasteiger partial charge is 0.309 e. The first kappa shape index (κ1) is 14.6. The van der Waals surface area contributed by atoms with Gasteiger partial charge in [-0.1, -0.05) is 48.4 Å². The molecule has 3 rings (SSSR count). The Kier molecular flexibility index (Phi) is 4.27. The van der Waals surface area contributed by atoms with Gasteiger partial charge < -0.3 is 5.32 Å². The number of benzene rings is 2. The van der Waals surface area contributed by atoms with E-state index in [1.165, 1.54) is 37.0 Å². The van der Waals surface area contributed by atoms with Gasteiger partial charge in [0.15, 0.2) is 0 Å². The Morgan fingerprint density at radius 2 is 1.86 bits per heavy atom. The number of hydrogen-bond acceptors (Lipinski definition) is 1. The molecule has 1 N–H and O–H groups in total. The first-order valence-electron chi connectivity index (χ1n) is 7.41. The molecule has 0 bridgehead atoms. The number of halogens is 2. The molecule has 1 nitrogen and oxygen atoms in total. The maximum absolute atomic E-state index is 13.2. The maximum Gasteiger partial charge on any atom is 0.124 e. The van der Waals surface area contributed by atoms with Crippen molar-refractivity contribution in [1.82, 2.24) is 5.32 Å². The Balaban J connectivity index is 1.88. The molecule has 0 heterocycles. The van der Waals surface area contributed by atoms with Crippen molar-refractivity contribution < 1.29 is 4.39 Å². The van der Waals surface area contributed by atoms with E-state index in [0.29, 0.717) is 5.02 Å². The van der Waals surface area contributed by atoms with Gasteiger partial charge in [-0.15, -0.1) is 0 Å². The number of hydrogen-bond donors (Lipinski definition) is 1. The highest BCUT2D eigenvalue weighted by molar-refractivity contribution is 6.31. The van der Waals surface area contributed by atoms with Crippen LogP contribution in [0, 0.1) is 5.82 Å². The fourth-order valence-electron chi connectivity index (χ4n) is 2.94. The zero-order chi connectivity index (χ0) is 14.8. The summed E-state index contributed by atoms with van der Waals surface area (Å²) in [6.45, 7) is 0. The van der Waals surface area contributed by atoms with Crippen molar-refractivity contribution in [1.29, 1.82) is 0 Å². The molecule has 3 heteroatoms. The van der Waals surface area contributed by atoms with Crippen LogP contribution in [0.1, 0.15) is 47.9 Å². The molecule has 0 amide bonds. The molecule has 0 saturated heterocycles. The second-order valence-electron chi connectivity index (χ2n) is 5.68. The molecule has 0 spiro atoms. The molecule has 1 aliphatic carbocycles. The lowest BCUT2D eigenvalue weighted by molar-refractivity contribution is 0.419. The van der Waals surface area contributed by atoms with Gasteiger partial charge >= 0.3 is 0 Å². The molecule has 1 unspecified atom stereocenters. The normalized spacial score (nSPS) is 16.5. The van der Waals surface area contributed by atoms with Gasteiger partial charge in [0.2, 0.25) is 0 Å². The molecular weight excluding hydrogens is 285 g/mol. The van der Waals surface area contributed by atoms with Crippen molar-refractivity contribution in [3.8, 4) is 0 Å². The van der Waals surface area contributed by atoms with Crippen LogP contribution in [0.5, 0.6) is 0 Å². The summed E-state index contributed by atoms with van der Waals surface area (Å²) in [4.78, 5) is 0. The van der Waals surface area contributed by atoms with Crippen molar-refractivity contribution in [2.75, 3.05) is 7.05 Å². The van der Waals surface area contributed by atoms with Gasteiger partial charge in [0, 0.05) is 5.02 Å². The minimum absolute atomic E-state index is 0.0199. The van der Waals surface area contributed by atoms with E-state index in [9.17, 15) is 4.39 Å². The second-order valence-corrected chi connectivity index (χ2v) is 6.09. The zero-order valence-electron chi connectivity index (χ0n) is 12.1. The van der Waals surface area contributed by atoms with Crippen LogP contribution in [0.2, 0.25) is 5.02 Å². The van der Waals surface area contributed by atoms with Gasteiger partial charge in [-0.2, -0.15) is 0 Å². The van der Waals surface area contributed by atoms with E-state index in [4.69, 9.17) is 11.6 Å². The topological polar surface area (TPSA) is 12.0 Å². The fourth-order valence-corrected chi connectivity index (χ4v) is 3.22. The quantitative estimate of drug-likeness (QED) is 0.833. The van der Waals surface area contributed by atoms with E-state index in [1.54, 1.807) is 6.07 Å². The predicted molar refractivity (Wildman–Crippen MR) is 85.3 cm³/mol. The van der Waals surface area contributed by atoms with Crippen LogP contribution >= 0.6 is 11.6 Å². The van der Waals surface area contributed by atoms with Gasteiger partial charge in [-0.05, 0) is 54.6 Å². The fraction of sp³-hybridized carbons (Fsp3) is 0.333. The predicted octanol–water partition coefficient (Wildman–Crippen LogP) is 5.06. The maximum atomic E-state index is 13.2. The van der Waals surface area contributed by atoms with E-state index in [1.807, 2.05) is 7.05 Å². The first-order valence-corrected chi connectivity index (χ1v) is 7.79. The summed E-state index contributed by atoms with van der Waals surface area (Å²) in [5.41, 5.74) is 3.47. The van der Waals surface area contributed by atoms with E-state index in [2.05, 4.69) is 29.6 Å². The van der Waals surface area contributed by atoms with Crippen LogP contribution in [0.3, 0.4) is 0 Å². The molecule has 0 aromatic heterocycles. The summed E-state index contributed by atoms with van der Waals surface area (Å²) in [6.07, 6.45) is 3.95. The van der Waals surface area contributed by atoms with E-state index in [-0.39, 0.29) is 11.9 Å². The zero-order valence-corrected chi connectivity index (χ0v) is 12.8. The van der Waals surface area contributed by atoms with Crippen molar-refractivity contribution >= 4 is 11.6 Å². The Hall–Kier alpha value is -1.38. The summed E-state index contributed by atoms with van der Waals surface area (Å²) in [7, 11) is 1.89. The highest BCUT2D eigenvalue weighted by Gasteiger charge is 2.20. The summed E-state index contributed by atoms with van der Waals surface area (Å²) in [5, 5.41) is 3.72. The van der Waals surface area contributed by atoms with Gasteiger partial charge in [0.25, 0.3) is 0 Å². The van der Waals surface area contributed by atoms with Crippen LogP contribution in [0.4, 0.5) is 4.39 Å². The lowest BCUT2D eigenvalue weighted by Gasteiger charge is -2.26. The SMILES string of the molecule is CNC(c1ccc(C2CCC2)cc1)c1ccc(F)cc1Cl. The monoisotopic (exact) mass is 303 g/mol. The molecule has 1 atom stereocenters. The van der Waals surface area contributed by atoms with Crippen LogP contribution in [0.25, 0.3) is 0 Å². The van der Waals surface area contributed by atoms with E-state index >= 15 is 0 Å². The van der Waals surface area contributed by atoms with Crippen molar-refractivity contribution in [2.45, 2.75) is 31.2 Å². The molecule has 1 aliphatic rings. The molecule has 0 radical (unpaired) electrons. The summed E-state index contributed by atoms with van der Waals surface area (Å²) < 4.78 is 13.2. The highest BCUT2D eigenvalue weighted by Crippen LogP contribution is 2.37. The standard InChI is InChI=1S/C18H19ClFN/c1-21-18(16-10-9-15(20)11-17(16)19)14-7-5-13(6-8-14)12-3-2-4-12/h5-12,18,21H,2-4H2,1H3. The highest BCUT2D eigenvalue weighted by atomic mass is 35.5. The lowest BCUT2D eigenvalue weighted by Crippen LogP contribution is -2.18. The van der Waals surface area contributed by atoms with Crippen LogP contribution in [-0.2, 0) is 0 Å². The number of nitrogens with one attached hydrogen (secondary N) is 1. The van der Waals surface area contributed by atoms with Crippen molar-refractivity contribution in [3.63, 3.8) is 0 Å². The Morgan fingerprint density at radius 3 is 2.38 bits per heavy atom. The molecular formula is C18H19ClFN. The lowest BCUT2D eigenvalue weighted by atomic mass is 9.79. The molecule has 2 aromatic carbocycles. The van der Waals surface area contributed by atoms with Crippen LogP contribution in [0.15, 0.2) is 42.5 Å². The van der Waals surface area contributed by atoms with Crippen LogP contribution in [-0.4, -0.2) is 7.05 Å². The Labute approximate surface area is 130 Å². The molecule has 1 saturated carbocycles. The average Bonchev–Trinajstić information content (AvgIpc) is 2.42. The Bertz CT molecular complexity index is 620. The van der Waals surface area contributed by atoms with E-state index < -0.39 is 0 Å². The van der Waals surface area contributed by atoms with Crippen LogP contribution < -0.4 is 5.32 Å². The van der Waals surface area contributed by atoms with Gasteiger partial charge in [-0.3, -0.25) is 0 Å². The molecule has 110 valence electrons. The van der Waals surface area contributed by atoms with Crippen molar-refractivity contribution in [2.24, 2.45) is 0 Å². The molecule has 0 aliphatic heterocycles.